The molecule has 2 atom stereocenters. The fraction of sp³-hybridized carbons (Fsp3) is 0.412. The summed E-state index contributed by atoms with van der Waals surface area (Å²) in [5.74, 6) is 2.31. The first-order valence-electron chi connectivity index (χ1n) is 7.66. The molecule has 2 rings (SSSR count). The van der Waals surface area contributed by atoms with Gasteiger partial charge in [-0.15, -0.1) is 0 Å². The Balaban J connectivity index is 2.05. The number of carbonyl (C=O) groups excluding carboxylic acids is 1. The van der Waals surface area contributed by atoms with Crippen LogP contribution in [0.4, 0.5) is 5.82 Å². The quantitative estimate of drug-likeness (QED) is 0.810. The van der Waals surface area contributed by atoms with E-state index in [4.69, 9.17) is 14.0 Å². The molecule has 0 aliphatic rings. The van der Waals surface area contributed by atoms with Gasteiger partial charge in [-0.05, 0) is 39.0 Å². The highest BCUT2D eigenvalue weighted by Crippen LogP contribution is 2.29. The molecule has 24 heavy (non-hydrogen) atoms. The van der Waals surface area contributed by atoms with E-state index in [0.29, 0.717) is 11.6 Å². The Morgan fingerprint density at radius 2 is 1.96 bits per heavy atom. The van der Waals surface area contributed by atoms with Crippen molar-refractivity contribution in [1.82, 2.24) is 10.5 Å². The molecule has 0 saturated carbocycles. The van der Waals surface area contributed by atoms with Crippen LogP contribution in [0.25, 0.3) is 0 Å². The summed E-state index contributed by atoms with van der Waals surface area (Å²) in [6.07, 6.45) is 0. The highest BCUT2D eigenvalue weighted by atomic mass is 16.5. The molecule has 1 heterocycles. The molecular formula is C17H23N3O4. The van der Waals surface area contributed by atoms with E-state index in [0.717, 1.165) is 17.1 Å². The van der Waals surface area contributed by atoms with E-state index in [-0.39, 0.29) is 11.9 Å². The van der Waals surface area contributed by atoms with Crippen molar-refractivity contribution in [1.29, 1.82) is 0 Å². The minimum Gasteiger partial charge on any atom is -0.497 e. The van der Waals surface area contributed by atoms with Gasteiger partial charge < -0.3 is 19.3 Å². The van der Waals surface area contributed by atoms with Crippen LogP contribution in [0.5, 0.6) is 11.5 Å². The molecule has 0 saturated heterocycles. The molecular weight excluding hydrogens is 310 g/mol. The Hall–Kier alpha value is -2.54. The van der Waals surface area contributed by atoms with Gasteiger partial charge in [0.1, 0.15) is 17.3 Å². The van der Waals surface area contributed by atoms with Gasteiger partial charge in [0.25, 0.3) is 0 Å². The number of amides is 1. The van der Waals surface area contributed by atoms with Gasteiger partial charge in [-0.1, -0.05) is 5.16 Å². The average molecular weight is 333 g/mol. The van der Waals surface area contributed by atoms with Crippen LogP contribution in [-0.2, 0) is 4.79 Å². The summed E-state index contributed by atoms with van der Waals surface area (Å²) < 4.78 is 15.6. The van der Waals surface area contributed by atoms with Gasteiger partial charge in [-0.3, -0.25) is 10.1 Å². The zero-order valence-corrected chi connectivity index (χ0v) is 14.5. The molecule has 1 aromatic carbocycles. The summed E-state index contributed by atoms with van der Waals surface area (Å²) in [6, 6.07) is 6.68. The van der Waals surface area contributed by atoms with Crippen molar-refractivity contribution < 1.29 is 18.8 Å². The Kier molecular flexibility index (Phi) is 5.81. The maximum Gasteiger partial charge on any atom is 0.242 e. The van der Waals surface area contributed by atoms with E-state index >= 15 is 0 Å². The minimum atomic E-state index is -0.437. The van der Waals surface area contributed by atoms with E-state index in [2.05, 4.69) is 15.8 Å². The molecule has 1 aromatic heterocycles. The third kappa shape index (κ3) is 4.26. The van der Waals surface area contributed by atoms with Crippen molar-refractivity contribution in [2.45, 2.75) is 32.9 Å². The number of ether oxygens (including phenoxy) is 2. The van der Waals surface area contributed by atoms with Gasteiger partial charge in [-0.25, -0.2) is 0 Å². The molecule has 2 N–H and O–H groups in total. The molecule has 0 spiro atoms. The molecule has 0 bridgehead atoms. The predicted octanol–water partition coefficient (Wildman–Crippen LogP) is 2.68. The number of anilines is 1. The molecule has 0 fully saturated rings. The van der Waals surface area contributed by atoms with E-state index in [9.17, 15) is 4.79 Å². The van der Waals surface area contributed by atoms with Crippen LogP contribution in [0.15, 0.2) is 28.8 Å². The Morgan fingerprint density at radius 1 is 1.21 bits per heavy atom. The number of hydrogen-bond donors (Lipinski definition) is 2. The largest absolute Gasteiger partial charge is 0.497 e. The maximum absolute atomic E-state index is 12.3. The van der Waals surface area contributed by atoms with Crippen molar-refractivity contribution in [2.75, 3.05) is 19.5 Å². The van der Waals surface area contributed by atoms with Crippen molar-refractivity contribution in [2.24, 2.45) is 0 Å². The summed E-state index contributed by atoms with van der Waals surface area (Å²) in [5, 5.41) is 9.71. The zero-order chi connectivity index (χ0) is 17.7. The number of aromatic nitrogens is 1. The summed E-state index contributed by atoms with van der Waals surface area (Å²) in [6.45, 7) is 5.51. The average Bonchev–Trinajstić information content (AvgIpc) is 2.98. The van der Waals surface area contributed by atoms with Gasteiger partial charge in [0.05, 0.1) is 20.3 Å². The molecule has 7 nitrogen and oxygen atoms in total. The highest BCUT2D eigenvalue weighted by Gasteiger charge is 2.20. The SMILES string of the molecule is COc1ccc(OC)c([C@H](C)N[C@@H](C)C(=O)Nc2cc(C)on2)c1. The monoisotopic (exact) mass is 333 g/mol. The van der Waals surface area contributed by atoms with E-state index in [1.807, 2.05) is 25.1 Å². The molecule has 2 aromatic rings. The fourth-order valence-electron chi connectivity index (χ4n) is 2.38. The lowest BCUT2D eigenvalue weighted by Crippen LogP contribution is -2.39. The van der Waals surface area contributed by atoms with Crippen molar-refractivity contribution in [3.63, 3.8) is 0 Å². The van der Waals surface area contributed by atoms with Crippen LogP contribution in [-0.4, -0.2) is 31.3 Å². The molecule has 0 aliphatic carbocycles. The number of hydrogen-bond acceptors (Lipinski definition) is 6. The fourth-order valence-corrected chi connectivity index (χ4v) is 2.38. The van der Waals surface area contributed by atoms with E-state index in [1.165, 1.54) is 0 Å². The Labute approximate surface area is 141 Å². The first-order valence-corrected chi connectivity index (χ1v) is 7.66. The van der Waals surface area contributed by atoms with Crippen molar-refractivity contribution in [3.05, 3.63) is 35.6 Å². The second kappa shape index (κ2) is 7.83. The highest BCUT2D eigenvalue weighted by molar-refractivity contribution is 5.93. The lowest BCUT2D eigenvalue weighted by Gasteiger charge is -2.21. The third-order valence-corrected chi connectivity index (χ3v) is 3.68. The molecule has 7 heteroatoms. The first kappa shape index (κ1) is 17.8. The maximum atomic E-state index is 12.3. The number of rotatable bonds is 7. The molecule has 0 aliphatic heterocycles. The normalized spacial score (nSPS) is 13.2. The Morgan fingerprint density at radius 3 is 2.54 bits per heavy atom. The minimum absolute atomic E-state index is 0.116. The number of benzene rings is 1. The Bertz CT molecular complexity index is 699. The lowest BCUT2D eigenvalue weighted by atomic mass is 10.1. The van der Waals surface area contributed by atoms with Crippen LogP contribution in [0.3, 0.4) is 0 Å². The third-order valence-electron chi connectivity index (χ3n) is 3.68. The van der Waals surface area contributed by atoms with Gasteiger partial charge in [0, 0.05) is 17.7 Å². The molecule has 0 radical (unpaired) electrons. The summed E-state index contributed by atoms with van der Waals surface area (Å²) in [7, 11) is 3.22. The van der Waals surface area contributed by atoms with Crippen LogP contribution in [0, 0.1) is 6.92 Å². The van der Waals surface area contributed by atoms with Crippen molar-refractivity contribution in [3.8, 4) is 11.5 Å². The number of aryl methyl sites for hydroxylation is 1. The second-order valence-electron chi connectivity index (χ2n) is 5.53. The van der Waals surface area contributed by atoms with Gasteiger partial charge in [-0.2, -0.15) is 0 Å². The lowest BCUT2D eigenvalue weighted by molar-refractivity contribution is -0.118. The van der Waals surface area contributed by atoms with Crippen LogP contribution in [0.1, 0.15) is 31.2 Å². The summed E-state index contributed by atoms with van der Waals surface area (Å²) in [4.78, 5) is 12.3. The van der Waals surface area contributed by atoms with E-state index < -0.39 is 6.04 Å². The van der Waals surface area contributed by atoms with Crippen LogP contribution >= 0.6 is 0 Å². The van der Waals surface area contributed by atoms with Gasteiger partial charge in [0.2, 0.25) is 5.91 Å². The zero-order valence-electron chi connectivity index (χ0n) is 14.5. The van der Waals surface area contributed by atoms with E-state index in [1.54, 1.807) is 34.1 Å². The standard InChI is InChI=1S/C17H23N3O4/c1-10-8-16(20-24-10)19-17(21)12(3)18-11(2)14-9-13(22-4)6-7-15(14)23-5/h6-9,11-12,18H,1-5H3,(H,19,20,21)/t11-,12-/m0/s1. The number of nitrogens with one attached hydrogen (secondary N) is 2. The molecule has 0 unspecified atom stereocenters. The van der Waals surface area contributed by atoms with Crippen molar-refractivity contribution >= 4 is 11.7 Å². The number of nitrogens with zero attached hydrogens (tertiary/aromatic N) is 1. The van der Waals surface area contributed by atoms with Gasteiger partial charge in [0.15, 0.2) is 5.82 Å². The van der Waals surface area contributed by atoms with Crippen LogP contribution in [0.2, 0.25) is 0 Å². The number of carbonyl (C=O) groups is 1. The molecule has 1 amide bonds. The second-order valence-corrected chi connectivity index (χ2v) is 5.53. The predicted molar refractivity (Wildman–Crippen MR) is 90.4 cm³/mol. The smallest absolute Gasteiger partial charge is 0.242 e. The number of methoxy groups -OCH3 is 2. The summed E-state index contributed by atoms with van der Waals surface area (Å²) >= 11 is 0. The molecule has 130 valence electrons. The topological polar surface area (TPSA) is 85.6 Å². The van der Waals surface area contributed by atoms with Gasteiger partial charge >= 0.3 is 0 Å². The van der Waals surface area contributed by atoms with Crippen LogP contribution < -0.4 is 20.1 Å². The first-order chi connectivity index (χ1) is 11.4. The summed E-state index contributed by atoms with van der Waals surface area (Å²) in [5.41, 5.74) is 0.911.